The summed E-state index contributed by atoms with van der Waals surface area (Å²) in [6, 6.07) is 2.79. The Balaban J connectivity index is 1.72. The molecular formula is C25H21B3F6N6O3. The van der Waals surface area contributed by atoms with Crippen molar-refractivity contribution in [2.75, 3.05) is 6.54 Å². The molecule has 4 rings (SSSR count). The zero-order valence-electron chi connectivity index (χ0n) is 22.7. The van der Waals surface area contributed by atoms with Gasteiger partial charge < -0.3 is 15.0 Å². The fourth-order valence-electron chi connectivity index (χ4n) is 4.87. The summed E-state index contributed by atoms with van der Waals surface area (Å²) < 4.78 is 87.3. The van der Waals surface area contributed by atoms with Crippen molar-refractivity contribution in [2.45, 2.75) is 49.5 Å². The Hall–Kier alpha value is -3.98. The number of alkyl halides is 6. The fraction of sp³-hybridized carbons (Fsp3) is 0.400. The highest BCUT2D eigenvalue weighted by Gasteiger charge is 2.43. The van der Waals surface area contributed by atoms with Gasteiger partial charge in [-0.05, 0) is 41.9 Å². The van der Waals surface area contributed by atoms with Crippen LogP contribution in [-0.4, -0.2) is 77.9 Å². The van der Waals surface area contributed by atoms with Gasteiger partial charge >= 0.3 is 12.4 Å². The van der Waals surface area contributed by atoms with Crippen LogP contribution in [0.3, 0.4) is 0 Å². The van der Waals surface area contributed by atoms with Gasteiger partial charge in [0.05, 0.1) is 35.3 Å². The molecule has 220 valence electrons. The summed E-state index contributed by atoms with van der Waals surface area (Å²) in [5.41, 5.74) is -3.37. The van der Waals surface area contributed by atoms with E-state index < -0.39 is 64.8 Å². The summed E-state index contributed by atoms with van der Waals surface area (Å²) >= 11 is 0. The zero-order chi connectivity index (χ0) is 31.9. The van der Waals surface area contributed by atoms with E-state index in [1.165, 1.54) is 28.8 Å². The first-order valence-electron chi connectivity index (χ1n) is 12.6. The number of benzene rings is 1. The number of hydrogen-bond acceptors (Lipinski definition) is 6. The summed E-state index contributed by atoms with van der Waals surface area (Å²) in [6.45, 7) is 1.56. The number of amides is 2. The van der Waals surface area contributed by atoms with E-state index in [-0.39, 0.29) is 36.8 Å². The van der Waals surface area contributed by atoms with Gasteiger partial charge in [-0.25, -0.2) is 9.67 Å². The standard InChI is InChI=1S/C25H21B3F6N6O3/c1-12-14(4-3-5-18(12)43-25(26,27)28)20-16(38-22(42)21-36-11-37-39(21)2)6-7-40(20)19(41)9-17-15(24(32,33)34)8-13(10-35-17)23(29,30)31/h3-5,8,10-11,16,20H,6-7,9H2,1-2H3,(H,38,42)/t16?,20-/m1/s1. The van der Waals surface area contributed by atoms with Crippen LogP contribution in [-0.2, 0) is 30.6 Å². The lowest BCUT2D eigenvalue weighted by atomic mass is 9.52. The summed E-state index contributed by atoms with van der Waals surface area (Å²) in [6.07, 6.45) is -9.71. The Morgan fingerprint density at radius 3 is 2.37 bits per heavy atom. The molecule has 3 aromatic rings. The van der Waals surface area contributed by atoms with Crippen molar-refractivity contribution < 1.29 is 40.7 Å². The third-order valence-corrected chi connectivity index (χ3v) is 6.80. The molecule has 18 heteroatoms. The Bertz CT molecular complexity index is 1530. The number of carbonyl (C=O) groups excluding carboxylic acids is 2. The first-order chi connectivity index (χ1) is 19.9. The molecule has 1 fully saturated rings. The topological polar surface area (TPSA) is 102 Å². The highest BCUT2D eigenvalue weighted by Crippen LogP contribution is 2.40. The van der Waals surface area contributed by atoms with Crippen LogP contribution in [0.2, 0.25) is 0 Å². The van der Waals surface area contributed by atoms with Crippen LogP contribution < -0.4 is 10.1 Å². The number of aromatic nitrogens is 4. The van der Waals surface area contributed by atoms with E-state index in [1.54, 1.807) is 13.0 Å². The van der Waals surface area contributed by atoms with Crippen LogP contribution in [0.15, 0.2) is 36.8 Å². The Morgan fingerprint density at radius 2 is 1.79 bits per heavy atom. The molecule has 1 aromatic carbocycles. The maximum absolute atomic E-state index is 13.8. The number of halogens is 6. The lowest BCUT2D eigenvalue weighted by Gasteiger charge is -2.32. The molecule has 2 amide bonds. The third kappa shape index (κ3) is 7.16. The summed E-state index contributed by atoms with van der Waals surface area (Å²) in [4.78, 5) is 35.0. The Kier molecular flexibility index (Phi) is 8.62. The predicted octanol–water partition coefficient (Wildman–Crippen LogP) is 2.37. The molecule has 0 spiro atoms. The SMILES string of the molecule is [B]C([B])([B])Oc1cccc([C@@H]2C(NC(=O)c3ncnn3C)CCN2C(=O)Cc2ncc(C(F)(F)F)cc2C(F)(F)F)c1C. The number of nitrogens with zero attached hydrogens (tertiary/aromatic N) is 5. The molecule has 1 aliphatic rings. The number of carbonyl (C=O) groups is 2. The number of hydrogen-bond donors (Lipinski definition) is 1. The largest absolute Gasteiger partial charge is 0.516 e. The van der Waals surface area contributed by atoms with E-state index in [0.717, 1.165) is 6.33 Å². The molecule has 3 heterocycles. The average molecular weight is 600 g/mol. The molecule has 1 saturated heterocycles. The predicted molar refractivity (Wildman–Crippen MR) is 141 cm³/mol. The van der Waals surface area contributed by atoms with Gasteiger partial charge in [-0.2, -0.15) is 31.4 Å². The first-order valence-corrected chi connectivity index (χ1v) is 12.6. The molecular weight excluding hydrogens is 579 g/mol. The van der Waals surface area contributed by atoms with Gasteiger partial charge in [0.2, 0.25) is 11.7 Å². The molecule has 9 nitrogen and oxygen atoms in total. The molecule has 2 aromatic heterocycles. The van der Waals surface area contributed by atoms with E-state index in [1.807, 2.05) is 0 Å². The molecule has 1 N–H and O–H groups in total. The van der Waals surface area contributed by atoms with Gasteiger partial charge in [-0.1, -0.05) is 12.1 Å². The molecule has 0 bridgehead atoms. The lowest BCUT2D eigenvalue weighted by molar-refractivity contribution is -0.144. The Morgan fingerprint density at radius 1 is 1.09 bits per heavy atom. The number of aryl methyl sites for hydroxylation is 1. The van der Waals surface area contributed by atoms with Gasteiger partial charge in [0.15, 0.2) is 0 Å². The summed E-state index contributed by atoms with van der Waals surface area (Å²) in [7, 11) is 18.2. The minimum atomic E-state index is -5.22. The van der Waals surface area contributed by atoms with Crippen molar-refractivity contribution in [3.05, 3.63) is 70.6 Å². The molecule has 1 aliphatic heterocycles. The average Bonchev–Trinajstić information content (AvgIpc) is 3.49. The number of nitrogens with one attached hydrogen (secondary N) is 1. The smallest absolute Gasteiger partial charge is 0.418 e. The molecule has 43 heavy (non-hydrogen) atoms. The monoisotopic (exact) mass is 600 g/mol. The van der Waals surface area contributed by atoms with Crippen molar-refractivity contribution in [3.8, 4) is 5.75 Å². The van der Waals surface area contributed by atoms with Gasteiger partial charge in [0.25, 0.3) is 5.91 Å². The van der Waals surface area contributed by atoms with Crippen molar-refractivity contribution >= 4 is 35.4 Å². The van der Waals surface area contributed by atoms with E-state index in [9.17, 15) is 35.9 Å². The van der Waals surface area contributed by atoms with Gasteiger partial charge in [-0.15, -0.1) is 0 Å². The molecule has 0 aliphatic carbocycles. The summed E-state index contributed by atoms with van der Waals surface area (Å²) in [5, 5.41) is 4.56. The van der Waals surface area contributed by atoms with Gasteiger partial charge in [-0.3, -0.25) is 14.6 Å². The molecule has 1 unspecified atom stereocenters. The second kappa shape index (κ2) is 11.6. The first kappa shape index (κ1) is 31.9. The highest BCUT2D eigenvalue weighted by molar-refractivity contribution is 6.58. The number of rotatable bonds is 7. The number of ether oxygens (including phenoxy) is 1. The lowest BCUT2D eigenvalue weighted by Crippen LogP contribution is -2.43. The van der Waals surface area contributed by atoms with Crippen LogP contribution in [0, 0.1) is 6.92 Å². The van der Waals surface area contributed by atoms with Crippen LogP contribution >= 0.6 is 0 Å². The summed E-state index contributed by atoms with van der Waals surface area (Å²) in [5.74, 6) is -1.43. The van der Waals surface area contributed by atoms with Gasteiger partial charge in [0.1, 0.15) is 35.6 Å². The van der Waals surface area contributed by atoms with Crippen molar-refractivity contribution in [2.24, 2.45) is 7.05 Å². The van der Waals surface area contributed by atoms with E-state index in [0.29, 0.717) is 11.1 Å². The minimum Gasteiger partial charge on any atom is -0.516 e. The number of pyridine rings is 1. The van der Waals surface area contributed by atoms with E-state index >= 15 is 0 Å². The van der Waals surface area contributed by atoms with Crippen molar-refractivity contribution in [1.29, 1.82) is 0 Å². The third-order valence-electron chi connectivity index (χ3n) is 6.80. The second-order valence-corrected chi connectivity index (χ2v) is 9.92. The second-order valence-electron chi connectivity index (χ2n) is 9.92. The number of likely N-dealkylation sites (tertiary alicyclic amines) is 1. The quantitative estimate of drug-likeness (QED) is 0.331. The normalized spacial score (nSPS) is 17.6. The molecule has 0 saturated carbocycles. The van der Waals surface area contributed by atoms with Gasteiger partial charge in [0, 0.05) is 19.8 Å². The highest BCUT2D eigenvalue weighted by atomic mass is 19.4. The fourth-order valence-corrected chi connectivity index (χ4v) is 4.87. The zero-order valence-corrected chi connectivity index (χ0v) is 22.7. The van der Waals surface area contributed by atoms with Crippen LogP contribution in [0.5, 0.6) is 5.75 Å². The van der Waals surface area contributed by atoms with Crippen LogP contribution in [0.1, 0.15) is 51.0 Å². The molecule has 2 atom stereocenters. The maximum atomic E-state index is 13.8. The molecule has 6 radical (unpaired) electrons. The van der Waals surface area contributed by atoms with Crippen molar-refractivity contribution in [1.82, 2.24) is 30.0 Å². The van der Waals surface area contributed by atoms with Crippen molar-refractivity contribution in [3.63, 3.8) is 0 Å². The van der Waals surface area contributed by atoms with Crippen LogP contribution in [0.25, 0.3) is 0 Å². The minimum absolute atomic E-state index is 0.0334. The Labute approximate surface area is 245 Å². The van der Waals surface area contributed by atoms with E-state index in [4.69, 9.17) is 28.3 Å². The maximum Gasteiger partial charge on any atom is 0.418 e. The van der Waals surface area contributed by atoms with E-state index in [2.05, 4.69) is 20.4 Å². The van der Waals surface area contributed by atoms with Crippen LogP contribution in [0.4, 0.5) is 26.3 Å².